The summed E-state index contributed by atoms with van der Waals surface area (Å²) in [7, 11) is 6.46. The molecule has 13 heavy (non-hydrogen) atoms. The van der Waals surface area contributed by atoms with Crippen LogP contribution in [0.1, 0.15) is 0 Å². The van der Waals surface area contributed by atoms with E-state index in [0.717, 1.165) is 10.1 Å². The SMILES string of the molecule is C[N+](C)(C)c1ccc2occc2c1. The lowest BCUT2D eigenvalue weighted by molar-refractivity contribution is 0.487. The van der Waals surface area contributed by atoms with Crippen molar-refractivity contribution < 1.29 is 4.42 Å². The molecule has 1 aromatic heterocycles. The van der Waals surface area contributed by atoms with Gasteiger partial charge in [-0.25, -0.2) is 0 Å². The maximum Gasteiger partial charge on any atom is 0.134 e. The van der Waals surface area contributed by atoms with Gasteiger partial charge in [0.2, 0.25) is 0 Å². The summed E-state index contributed by atoms with van der Waals surface area (Å²) in [5.74, 6) is 0. The smallest absolute Gasteiger partial charge is 0.134 e. The van der Waals surface area contributed by atoms with E-state index in [0.29, 0.717) is 0 Å². The van der Waals surface area contributed by atoms with Gasteiger partial charge in [-0.2, -0.15) is 0 Å². The van der Waals surface area contributed by atoms with Crippen molar-refractivity contribution in [2.45, 2.75) is 0 Å². The minimum atomic E-state index is 0.834. The van der Waals surface area contributed by atoms with E-state index < -0.39 is 0 Å². The fourth-order valence-corrected chi connectivity index (χ4v) is 1.37. The van der Waals surface area contributed by atoms with E-state index in [1.165, 1.54) is 11.1 Å². The Kier molecular flexibility index (Phi) is 1.67. The summed E-state index contributed by atoms with van der Waals surface area (Å²) >= 11 is 0. The predicted octanol–water partition coefficient (Wildman–Crippen LogP) is 2.63. The van der Waals surface area contributed by atoms with Gasteiger partial charge in [-0.15, -0.1) is 0 Å². The third-order valence-corrected chi connectivity index (χ3v) is 2.21. The van der Waals surface area contributed by atoms with Crippen LogP contribution >= 0.6 is 0 Å². The van der Waals surface area contributed by atoms with Crippen molar-refractivity contribution >= 4 is 16.7 Å². The average Bonchev–Trinajstić information content (AvgIpc) is 2.47. The molecule has 2 nitrogen and oxygen atoms in total. The molecule has 0 radical (unpaired) electrons. The Morgan fingerprint density at radius 3 is 2.54 bits per heavy atom. The normalized spacial score (nSPS) is 12.2. The number of hydrogen-bond donors (Lipinski definition) is 0. The molecule has 68 valence electrons. The fourth-order valence-electron chi connectivity index (χ4n) is 1.37. The van der Waals surface area contributed by atoms with Crippen LogP contribution in [0.25, 0.3) is 11.0 Å². The molecular formula is C11H14NO+. The summed E-state index contributed by atoms with van der Waals surface area (Å²) in [5.41, 5.74) is 2.24. The van der Waals surface area contributed by atoms with Gasteiger partial charge in [-0.3, -0.25) is 4.48 Å². The molecule has 1 heterocycles. The minimum absolute atomic E-state index is 0.834. The van der Waals surface area contributed by atoms with Gasteiger partial charge in [0.15, 0.2) is 0 Å². The molecule has 2 rings (SSSR count). The van der Waals surface area contributed by atoms with Crippen LogP contribution < -0.4 is 4.48 Å². The molecule has 0 spiro atoms. The second-order valence-electron chi connectivity index (χ2n) is 4.16. The molecule has 0 saturated carbocycles. The second-order valence-corrected chi connectivity index (χ2v) is 4.16. The van der Waals surface area contributed by atoms with E-state index in [2.05, 4.69) is 33.3 Å². The predicted molar refractivity (Wildman–Crippen MR) is 55.8 cm³/mol. The van der Waals surface area contributed by atoms with Crippen LogP contribution in [0.15, 0.2) is 34.9 Å². The van der Waals surface area contributed by atoms with Crippen LogP contribution in [0.2, 0.25) is 0 Å². The van der Waals surface area contributed by atoms with Crippen LogP contribution in [-0.4, -0.2) is 21.1 Å². The zero-order valence-corrected chi connectivity index (χ0v) is 8.24. The van der Waals surface area contributed by atoms with E-state index >= 15 is 0 Å². The summed E-state index contributed by atoms with van der Waals surface area (Å²) in [4.78, 5) is 0. The third kappa shape index (κ3) is 1.45. The first-order valence-corrected chi connectivity index (χ1v) is 4.37. The first-order chi connectivity index (χ1) is 6.07. The molecule has 0 aliphatic carbocycles. The standard InChI is InChI=1S/C11H14NO/c1-12(2,3)10-4-5-11-9(8-10)6-7-13-11/h4-8H,1-3H3/q+1. The quantitative estimate of drug-likeness (QED) is 0.609. The van der Waals surface area contributed by atoms with Crippen molar-refractivity contribution in [1.82, 2.24) is 4.48 Å². The molecular weight excluding hydrogens is 162 g/mol. The van der Waals surface area contributed by atoms with E-state index in [4.69, 9.17) is 4.42 Å². The molecule has 0 amide bonds. The largest absolute Gasteiger partial charge is 0.464 e. The summed E-state index contributed by atoms with van der Waals surface area (Å²) in [6, 6.07) is 8.29. The zero-order chi connectivity index (χ0) is 9.47. The number of nitrogens with zero attached hydrogens (tertiary/aromatic N) is 1. The molecule has 2 aromatic rings. The van der Waals surface area contributed by atoms with Gasteiger partial charge in [-0.05, 0) is 12.1 Å². The van der Waals surface area contributed by atoms with Gasteiger partial charge in [0.05, 0.1) is 27.4 Å². The number of furan rings is 1. The van der Waals surface area contributed by atoms with Crippen LogP contribution in [0.5, 0.6) is 0 Å². The lowest BCUT2D eigenvalue weighted by Crippen LogP contribution is -2.34. The summed E-state index contributed by atoms with van der Waals surface area (Å²) < 4.78 is 6.11. The number of benzene rings is 1. The van der Waals surface area contributed by atoms with E-state index in [1.807, 2.05) is 12.1 Å². The van der Waals surface area contributed by atoms with Crippen molar-refractivity contribution in [2.75, 3.05) is 21.1 Å². The van der Waals surface area contributed by atoms with E-state index in [1.54, 1.807) is 6.26 Å². The number of hydrogen-bond acceptors (Lipinski definition) is 1. The summed E-state index contributed by atoms with van der Waals surface area (Å²) in [6.07, 6.45) is 1.73. The van der Waals surface area contributed by atoms with Crippen LogP contribution in [0.4, 0.5) is 5.69 Å². The van der Waals surface area contributed by atoms with E-state index in [9.17, 15) is 0 Å². The van der Waals surface area contributed by atoms with Gasteiger partial charge in [-0.1, -0.05) is 0 Å². The molecule has 0 saturated heterocycles. The maximum atomic E-state index is 5.28. The van der Waals surface area contributed by atoms with Gasteiger partial charge >= 0.3 is 0 Å². The van der Waals surface area contributed by atoms with Gasteiger partial charge < -0.3 is 4.42 Å². The number of quaternary nitrogens is 1. The number of fused-ring (bicyclic) bond motifs is 1. The highest BCUT2D eigenvalue weighted by Crippen LogP contribution is 2.23. The molecule has 0 aliphatic rings. The lowest BCUT2D eigenvalue weighted by atomic mass is 10.2. The second kappa shape index (κ2) is 2.60. The van der Waals surface area contributed by atoms with Crippen LogP contribution in [0, 0.1) is 0 Å². The fraction of sp³-hybridized carbons (Fsp3) is 0.273. The Balaban J connectivity index is 2.61. The Morgan fingerprint density at radius 1 is 1.08 bits per heavy atom. The van der Waals surface area contributed by atoms with Crippen molar-refractivity contribution in [2.24, 2.45) is 0 Å². The van der Waals surface area contributed by atoms with Crippen molar-refractivity contribution in [3.63, 3.8) is 0 Å². The van der Waals surface area contributed by atoms with Crippen LogP contribution in [-0.2, 0) is 0 Å². The van der Waals surface area contributed by atoms with Gasteiger partial charge in [0.1, 0.15) is 11.3 Å². The first-order valence-electron chi connectivity index (χ1n) is 4.37. The molecule has 2 heteroatoms. The summed E-state index contributed by atoms with van der Waals surface area (Å²) in [5, 5.41) is 1.17. The Bertz CT molecular complexity index is 423. The van der Waals surface area contributed by atoms with Gasteiger partial charge in [0.25, 0.3) is 0 Å². The van der Waals surface area contributed by atoms with Crippen molar-refractivity contribution in [1.29, 1.82) is 0 Å². The highest BCUT2D eigenvalue weighted by atomic mass is 16.3. The minimum Gasteiger partial charge on any atom is -0.464 e. The monoisotopic (exact) mass is 176 g/mol. The molecule has 0 aliphatic heterocycles. The highest BCUT2D eigenvalue weighted by Gasteiger charge is 2.12. The maximum absolute atomic E-state index is 5.28. The lowest BCUT2D eigenvalue weighted by Gasteiger charge is -2.23. The Hall–Kier alpha value is -1.28. The molecule has 1 aromatic carbocycles. The average molecular weight is 176 g/mol. The first kappa shape index (κ1) is 8.32. The highest BCUT2D eigenvalue weighted by molar-refractivity contribution is 5.80. The molecule has 0 fully saturated rings. The van der Waals surface area contributed by atoms with Crippen LogP contribution in [0.3, 0.4) is 0 Å². The van der Waals surface area contributed by atoms with Crippen molar-refractivity contribution in [3.8, 4) is 0 Å². The summed E-state index contributed by atoms with van der Waals surface area (Å²) in [6.45, 7) is 0. The molecule has 0 N–H and O–H groups in total. The molecule has 0 bridgehead atoms. The zero-order valence-electron chi connectivity index (χ0n) is 8.24. The molecule has 0 atom stereocenters. The number of rotatable bonds is 1. The molecule has 0 unspecified atom stereocenters. The van der Waals surface area contributed by atoms with E-state index in [-0.39, 0.29) is 0 Å². The van der Waals surface area contributed by atoms with Gasteiger partial charge in [0, 0.05) is 17.5 Å². The Labute approximate surface area is 78.0 Å². The third-order valence-electron chi connectivity index (χ3n) is 2.21. The topological polar surface area (TPSA) is 13.1 Å². The van der Waals surface area contributed by atoms with Crippen molar-refractivity contribution in [3.05, 3.63) is 30.5 Å². The Morgan fingerprint density at radius 2 is 1.85 bits per heavy atom.